The molecule has 4 heteroatoms. The number of fused-ring (bicyclic) bond motifs is 1. The summed E-state index contributed by atoms with van der Waals surface area (Å²) in [6.45, 7) is 0. The van der Waals surface area contributed by atoms with Gasteiger partial charge in [0.25, 0.3) is 0 Å². The van der Waals surface area contributed by atoms with Crippen molar-refractivity contribution >= 4 is 21.6 Å². The summed E-state index contributed by atoms with van der Waals surface area (Å²) >= 11 is 3.51. The van der Waals surface area contributed by atoms with E-state index in [2.05, 4.69) is 38.1 Å². The topological polar surface area (TPSA) is 30.2 Å². The van der Waals surface area contributed by atoms with Crippen molar-refractivity contribution in [2.75, 3.05) is 0 Å². The zero-order chi connectivity index (χ0) is 9.54. The monoisotopic (exact) mass is 251 g/mol. The van der Waals surface area contributed by atoms with Crippen LogP contribution in [0, 0.1) is 0 Å². The van der Waals surface area contributed by atoms with E-state index in [1.807, 2.05) is 4.52 Å². The van der Waals surface area contributed by atoms with Crippen molar-refractivity contribution in [3.63, 3.8) is 0 Å². The molecule has 0 unspecified atom stereocenters. The van der Waals surface area contributed by atoms with Crippen LogP contribution in [0.1, 0.15) is 30.7 Å². The fraction of sp³-hybridized carbons (Fsp3) is 0.400. The molecule has 0 aliphatic heterocycles. The van der Waals surface area contributed by atoms with Crippen LogP contribution in [-0.4, -0.2) is 14.6 Å². The predicted octanol–water partition coefficient (Wildman–Crippen LogP) is 2.76. The lowest BCUT2D eigenvalue weighted by atomic mass is 9.80. The van der Waals surface area contributed by atoms with Crippen LogP contribution in [0.25, 0.3) is 5.65 Å². The molecule has 0 N–H and O–H groups in total. The fourth-order valence-corrected chi connectivity index (χ4v) is 2.42. The van der Waals surface area contributed by atoms with E-state index in [-0.39, 0.29) is 0 Å². The highest BCUT2D eigenvalue weighted by Gasteiger charge is 2.20. The maximum Gasteiger partial charge on any atom is 0.156 e. The Labute approximate surface area is 90.3 Å². The van der Waals surface area contributed by atoms with E-state index in [0.717, 1.165) is 16.2 Å². The van der Waals surface area contributed by atoms with Gasteiger partial charge in [-0.15, -0.1) is 0 Å². The van der Waals surface area contributed by atoms with Gasteiger partial charge in [0.15, 0.2) is 5.65 Å². The third-order valence-corrected chi connectivity index (χ3v) is 3.50. The van der Waals surface area contributed by atoms with Gasteiger partial charge < -0.3 is 0 Å². The van der Waals surface area contributed by atoms with Crippen molar-refractivity contribution in [1.29, 1.82) is 0 Å². The van der Waals surface area contributed by atoms with Gasteiger partial charge in [-0.05, 0) is 52.4 Å². The van der Waals surface area contributed by atoms with Gasteiger partial charge >= 0.3 is 0 Å². The lowest BCUT2D eigenvalue weighted by molar-refractivity contribution is 0.419. The van der Waals surface area contributed by atoms with Crippen molar-refractivity contribution in [2.45, 2.75) is 25.2 Å². The predicted molar refractivity (Wildman–Crippen MR) is 57.3 cm³/mol. The van der Waals surface area contributed by atoms with Gasteiger partial charge in [-0.2, -0.15) is 5.10 Å². The maximum absolute atomic E-state index is 4.20. The largest absolute Gasteiger partial charge is 0.215 e. The molecule has 0 bridgehead atoms. The molecule has 3 nitrogen and oxygen atoms in total. The van der Waals surface area contributed by atoms with Crippen LogP contribution in [0.15, 0.2) is 23.1 Å². The summed E-state index contributed by atoms with van der Waals surface area (Å²) in [7, 11) is 0. The number of halogens is 1. The Bertz CT molecular complexity index is 473. The van der Waals surface area contributed by atoms with Gasteiger partial charge in [0.1, 0.15) is 10.9 Å². The number of hydrogen-bond donors (Lipinski definition) is 0. The summed E-state index contributed by atoms with van der Waals surface area (Å²) in [5.41, 5.74) is 2.32. The first-order valence-corrected chi connectivity index (χ1v) is 5.63. The van der Waals surface area contributed by atoms with Gasteiger partial charge in [-0.25, -0.2) is 9.50 Å². The number of nitrogens with zero attached hydrogens (tertiary/aromatic N) is 3. The average Bonchev–Trinajstić information content (AvgIpc) is 2.48. The van der Waals surface area contributed by atoms with E-state index < -0.39 is 0 Å². The summed E-state index contributed by atoms with van der Waals surface area (Å²) in [6, 6.07) is 4.30. The Hall–Kier alpha value is -0.900. The Morgan fingerprint density at radius 2 is 2.21 bits per heavy atom. The Morgan fingerprint density at radius 3 is 2.93 bits per heavy atom. The molecule has 2 heterocycles. The Balaban J connectivity index is 2.16. The number of aromatic nitrogens is 3. The lowest BCUT2D eigenvalue weighted by Crippen LogP contribution is -2.09. The highest BCUT2D eigenvalue weighted by molar-refractivity contribution is 9.10. The molecule has 1 aliphatic rings. The zero-order valence-corrected chi connectivity index (χ0v) is 9.24. The van der Waals surface area contributed by atoms with Crippen LogP contribution in [0.3, 0.4) is 0 Å². The van der Waals surface area contributed by atoms with Crippen LogP contribution >= 0.6 is 15.9 Å². The van der Waals surface area contributed by atoms with Crippen molar-refractivity contribution in [3.8, 4) is 0 Å². The molecule has 3 rings (SSSR count). The molecule has 72 valence electrons. The van der Waals surface area contributed by atoms with Crippen LogP contribution in [0.4, 0.5) is 0 Å². The summed E-state index contributed by atoms with van der Waals surface area (Å²) in [6.07, 6.45) is 5.58. The van der Waals surface area contributed by atoms with Gasteiger partial charge in [-0.3, -0.25) is 0 Å². The van der Waals surface area contributed by atoms with E-state index in [1.165, 1.54) is 24.8 Å². The van der Waals surface area contributed by atoms with E-state index in [4.69, 9.17) is 0 Å². The molecule has 0 atom stereocenters. The van der Waals surface area contributed by atoms with Gasteiger partial charge in [0.05, 0.1) is 0 Å². The molecular formula is C10H10BrN3. The molecule has 2 aromatic heterocycles. The van der Waals surface area contributed by atoms with Crippen molar-refractivity contribution in [1.82, 2.24) is 14.6 Å². The SMILES string of the molecule is Brc1cc(C2CCC2)cc2ncnn12. The number of hydrogen-bond acceptors (Lipinski definition) is 2. The van der Waals surface area contributed by atoms with Gasteiger partial charge in [-0.1, -0.05) is 6.42 Å². The van der Waals surface area contributed by atoms with Crippen LogP contribution in [-0.2, 0) is 0 Å². The first-order chi connectivity index (χ1) is 6.84. The van der Waals surface area contributed by atoms with E-state index in [1.54, 1.807) is 6.33 Å². The molecule has 1 aliphatic carbocycles. The van der Waals surface area contributed by atoms with Crippen LogP contribution < -0.4 is 0 Å². The molecule has 0 amide bonds. The summed E-state index contributed by atoms with van der Waals surface area (Å²) < 4.78 is 2.80. The van der Waals surface area contributed by atoms with E-state index >= 15 is 0 Å². The molecule has 1 saturated carbocycles. The van der Waals surface area contributed by atoms with Crippen molar-refractivity contribution < 1.29 is 0 Å². The molecule has 0 radical (unpaired) electrons. The smallest absolute Gasteiger partial charge is 0.156 e. The second kappa shape index (κ2) is 3.05. The van der Waals surface area contributed by atoms with E-state index in [9.17, 15) is 0 Å². The Kier molecular flexibility index (Phi) is 1.83. The molecule has 2 aromatic rings. The molecular weight excluding hydrogens is 242 g/mol. The third-order valence-electron chi connectivity index (χ3n) is 2.93. The molecule has 0 saturated heterocycles. The lowest BCUT2D eigenvalue weighted by Gasteiger charge is -2.25. The van der Waals surface area contributed by atoms with Crippen molar-refractivity contribution in [3.05, 3.63) is 28.6 Å². The standard InChI is InChI=1S/C10H10BrN3/c11-9-4-8(7-2-1-3-7)5-10-12-6-13-14(9)10/h4-7H,1-3H2. The summed E-state index contributed by atoms with van der Waals surface area (Å²) in [4.78, 5) is 4.20. The normalized spacial score (nSPS) is 17.2. The minimum Gasteiger partial charge on any atom is -0.215 e. The third kappa shape index (κ3) is 1.17. The van der Waals surface area contributed by atoms with Gasteiger partial charge in [0.2, 0.25) is 0 Å². The molecule has 14 heavy (non-hydrogen) atoms. The summed E-state index contributed by atoms with van der Waals surface area (Å²) in [5, 5.41) is 4.12. The first kappa shape index (κ1) is 8.41. The quantitative estimate of drug-likeness (QED) is 0.730. The number of rotatable bonds is 1. The second-order valence-corrected chi connectivity index (χ2v) is 4.58. The minimum absolute atomic E-state index is 0.744. The minimum atomic E-state index is 0.744. The van der Waals surface area contributed by atoms with Gasteiger partial charge in [0, 0.05) is 0 Å². The molecule has 0 spiro atoms. The van der Waals surface area contributed by atoms with Crippen LogP contribution in [0.2, 0.25) is 0 Å². The first-order valence-electron chi connectivity index (χ1n) is 4.84. The maximum atomic E-state index is 4.20. The Morgan fingerprint density at radius 1 is 1.36 bits per heavy atom. The highest BCUT2D eigenvalue weighted by Crippen LogP contribution is 2.37. The van der Waals surface area contributed by atoms with Crippen molar-refractivity contribution in [2.24, 2.45) is 0 Å². The molecule has 0 aromatic carbocycles. The average molecular weight is 252 g/mol. The zero-order valence-electron chi connectivity index (χ0n) is 7.65. The second-order valence-electron chi connectivity index (χ2n) is 3.77. The highest BCUT2D eigenvalue weighted by atomic mass is 79.9. The summed E-state index contributed by atoms with van der Waals surface area (Å²) in [5.74, 6) is 0.744. The van der Waals surface area contributed by atoms with Crippen LogP contribution in [0.5, 0.6) is 0 Å². The molecule has 1 fully saturated rings. The number of pyridine rings is 1. The fourth-order valence-electron chi connectivity index (χ4n) is 1.88. The van der Waals surface area contributed by atoms with E-state index in [0.29, 0.717) is 0 Å².